The largest absolute Gasteiger partial charge is 0.348 e. The zero-order valence-electron chi connectivity index (χ0n) is 19.8. The molecule has 2 fully saturated rings. The lowest BCUT2D eigenvalue weighted by molar-refractivity contribution is 0.122. The normalized spacial score (nSPS) is 29.0. The highest BCUT2D eigenvalue weighted by molar-refractivity contribution is 5.76. The molecule has 2 heterocycles. The Kier molecular flexibility index (Phi) is 7.28. The molecule has 0 radical (unpaired) electrons. The van der Waals surface area contributed by atoms with Crippen LogP contribution in [-0.4, -0.2) is 49.0 Å². The molecule has 1 aromatic carbocycles. The molecule has 2 aliphatic heterocycles. The first-order chi connectivity index (χ1) is 16.6. The zero-order valence-corrected chi connectivity index (χ0v) is 19.8. The van der Waals surface area contributed by atoms with Gasteiger partial charge in [-0.05, 0) is 80.3 Å². The number of halogens is 1. The average Bonchev–Trinajstić information content (AvgIpc) is 3.30. The minimum absolute atomic E-state index is 0.0947. The molecule has 7 heteroatoms. The predicted molar refractivity (Wildman–Crippen MR) is 133 cm³/mol. The maximum absolute atomic E-state index is 13.2. The topological polar surface area (TPSA) is 68.8 Å². The number of carbonyl (C=O) groups is 1. The van der Waals surface area contributed by atoms with Gasteiger partial charge in [0, 0.05) is 36.9 Å². The van der Waals surface area contributed by atoms with Crippen molar-refractivity contribution in [2.75, 3.05) is 19.6 Å². The van der Waals surface area contributed by atoms with E-state index in [1.807, 2.05) is 24.3 Å². The summed E-state index contributed by atoms with van der Waals surface area (Å²) in [6.07, 6.45) is 14.5. The summed E-state index contributed by atoms with van der Waals surface area (Å²) in [7, 11) is 0. The second-order valence-electron chi connectivity index (χ2n) is 10.3. The minimum atomic E-state index is -0.168. The molecule has 3 N–H and O–H groups in total. The highest BCUT2D eigenvalue weighted by Gasteiger charge is 2.30. The first-order valence-corrected chi connectivity index (χ1v) is 12.9. The van der Waals surface area contributed by atoms with E-state index < -0.39 is 0 Å². The molecule has 1 saturated heterocycles. The highest BCUT2D eigenvalue weighted by atomic mass is 19.1. The number of nitrogens with zero attached hydrogens (tertiary/aromatic N) is 2. The Morgan fingerprint density at radius 1 is 1.12 bits per heavy atom. The van der Waals surface area contributed by atoms with Gasteiger partial charge in [-0.3, -0.25) is 4.99 Å². The van der Waals surface area contributed by atoms with Gasteiger partial charge in [0.25, 0.3) is 0 Å². The number of urea groups is 1. The van der Waals surface area contributed by atoms with Crippen LogP contribution < -0.4 is 16.0 Å². The molecule has 6 nitrogen and oxygen atoms in total. The van der Waals surface area contributed by atoms with Crippen molar-refractivity contribution in [3.8, 4) is 0 Å². The van der Waals surface area contributed by atoms with E-state index in [1.165, 1.54) is 37.7 Å². The number of allylic oxidation sites excluding steroid dienone is 2. The van der Waals surface area contributed by atoms with Crippen LogP contribution in [0.15, 0.2) is 52.8 Å². The Hall–Kier alpha value is -2.67. The molecule has 4 atom stereocenters. The van der Waals surface area contributed by atoms with Crippen LogP contribution in [-0.2, 0) is 6.42 Å². The maximum atomic E-state index is 13.2. The number of fused-ring (bicyclic) bond motifs is 1. The Balaban J connectivity index is 1.12. The van der Waals surface area contributed by atoms with Crippen molar-refractivity contribution in [1.82, 2.24) is 20.9 Å². The molecular weight excluding hydrogens is 429 g/mol. The fraction of sp³-hybridized carbons (Fsp3) is 0.556. The van der Waals surface area contributed by atoms with E-state index >= 15 is 0 Å². The molecular formula is C27H36FN5O. The highest BCUT2D eigenvalue weighted by Crippen LogP contribution is 2.28. The van der Waals surface area contributed by atoms with Gasteiger partial charge in [-0.1, -0.05) is 25.0 Å². The number of amides is 2. The number of piperidine rings is 1. The lowest BCUT2D eigenvalue weighted by atomic mass is 9.83. The standard InChI is InChI=1S/C27H36FN5O/c28-22-9-7-19(8-10-22)14-20-4-3-13-33(16-20)17-21-5-1-2-6-24(21)32-27(34)31-23-11-12-25-26(15-23)30-18-29-25/h7-12,18,20-21,24,26H,1-6,13-17H2,(H,29,30)(H2,31,32,34)/t20-,21-,24+,26?/m0/s1. The fourth-order valence-corrected chi connectivity index (χ4v) is 6.00. The third kappa shape index (κ3) is 5.87. The van der Waals surface area contributed by atoms with Gasteiger partial charge in [-0.25, -0.2) is 9.18 Å². The van der Waals surface area contributed by atoms with Crippen molar-refractivity contribution in [2.45, 2.75) is 63.5 Å². The van der Waals surface area contributed by atoms with Crippen LogP contribution in [0.2, 0.25) is 0 Å². The molecule has 0 bridgehead atoms. The van der Waals surface area contributed by atoms with E-state index in [2.05, 4.69) is 25.8 Å². The quantitative estimate of drug-likeness (QED) is 0.592. The predicted octanol–water partition coefficient (Wildman–Crippen LogP) is 4.11. The Morgan fingerprint density at radius 2 is 1.97 bits per heavy atom. The number of aliphatic imine (C=N–C) groups is 1. The Labute approximate surface area is 201 Å². The third-order valence-corrected chi connectivity index (χ3v) is 7.76. The summed E-state index contributed by atoms with van der Waals surface area (Å²) in [5.74, 6) is 0.930. The molecule has 1 saturated carbocycles. The lowest BCUT2D eigenvalue weighted by Crippen LogP contribution is -2.50. The van der Waals surface area contributed by atoms with Gasteiger partial charge in [0.2, 0.25) is 0 Å². The van der Waals surface area contributed by atoms with Crippen LogP contribution in [0, 0.1) is 17.7 Å². The van der Waals surface area contributed by atoms with Gasteiger partial charge in [0.15, 0.2) is 0 Å². The molecule has 4 aliphatic rings. The van der Waals surface area contributed by atoms with Gasteiger partial charge in [0.1, 0.15) is 5.82 Å². The van der Waals surface area contributed by atoms with Crippen molar-refractivity contribution >= 4 is 12.4 Å². The summed E-state index contributed by atoms with van der Waals surface area (Å²) in [6, 6.07) is 7.19. The van der Waals surface area contributed by atoms with E-state index in [-0.39, 0.29) is 23.9 Å². The molecule has 2 aliphatic carbocycles. The monoisotopic (exact) mass is 465 g/mol. The smallest absolute Gasteiger partial charge is 0.319 e. The first-order valence-electron chi connectivity index (χ1n) is 12.9. The second-order valence-corrected chi connectivity index (χ2v) is 10.3. The van der Waals surface area contributed by atoms with Crippen LogP contribution in [0.4, 0.5) is 9.18 Å². The second kappa shape index (κ2) is 10.7. The number of rotatable bonds is 6. The molecule has 5 rings (SSSR count). The van der Waals surface area contributed by atoms with Crippen LogP contribution >= 0.6 is 0 Å². The van der Waals surface area contributed by atoms with Gasteiger partial charge in [-0.2, -0.15) is 0 Å². The molecule has 0 spiro atoms. The molecule has 1 aromatic rings. The van der Waals surface area contributed by atoms with E-state index in [9.17, 15) is 9.18 Å². The van der Waals surface area contributed by atoms with Crippen LogP contribution in [0.3, 0.4) is 0 Å². The number of carbonyl (C=O) groups excluding carboxylic acids is 1. The molecule has 0 aromatic heterocycles. The Bertz CT molecular complexity index is 956. The minimum Gasteiger partial charge on any atom is -0.348 e. The van der Waals surface area contributed by atoms with Crippen LogP contribution in [0.25, 0.3) is 0 Å². The molecule has 34 heavy (non-hydrogen) atoms. The summed E-state index contributed by atoms with van der Waals surface area (Å²) in [5, 5.41) is 9.50. The Morgan fingerprint density at radius 3 is 2.85 bits per heavy atom. The number of benzene rings is 1. The third-order valence-electron chi connectivity index (χ3n) is 7.76. The summed E-state index contributed by atoms with van der Waals surface area (Å²) in [6.45, 7) is 3.26. The van der Waals surface area contributed by atoms with Crippen molar-refractivity contribution in [2.24, 2.45) is 16.8 Å². The van der Waals surface area contributed by atoms with E-state index in [0.717, 1.165) is 50.3 Å². The molecule has 2 amide bonds. The summed E-state index contributed by atoms with van der Waals surface area (Å²) < 4.78 is 13.2. The summed E-state index contributed by atoms with van der Waals surface area (Å²) in [5.41, 5.74) is 3.23. The van der Waals surface area contributed by atoms with Crippen molar-refractivity contribution in [1.29, 1.82) is 0 Å². The molecule has 182 valence electrons. The van der Waals surface area contributed by atoms with Gasteiger partial charge in [-0.15, -0.1) is 0 Å². The summed E-state index contributed by atoms with van der Waals surface area (Å²) >= 11 is 0. The SMILES string of the molecule is O=C(NC1=CC=C2NC=NC2C1)N[C@@H]1CCCC[C@H]1CN1CCC[C@@H](Cc2ccc(F)cc2)C1. The number of hydrogen-bond acceptors (Lipinski definition) is 4. The number of hydrogen-bond donors (Lipinski definition) is 3. The lowest BCUT2D eigenvalue weighted by Gasteiger charge is -2.39. The van der Waals surface area contributed by atoms with Crippen molar-refractivity contribution in [3.05, 3.63) is 59.2 Å². The van der Waals surface area contributed by atoms with Crippen LogP contribution in [0.1, 0.15) is 50.5 Å². The van der Waals surface area contributed by atoms with Crippen molar-refractivity contribution < 1.29 is 9.18 Å². The molecule has 1 unspecified atom stereocenters. The summed E-state index contributed by atoms with van der Waals surface area (Å²) in [4.78, 5) is 19.8. The van der Waals surface area contributed by atoms with Crippen LogP contribution in [0.5, 0.6) is 0 Å². The zero-order chi connectivity index (χ0) is 23.3. The van der Waals surface area contributed by atoms with E-state index in [4.69, 9.17) is 0 Å². The average molecular weight is 466 g/mol. The number of likely N-dealkylation sites (tertiary alicyclic amines) is 1. The number of nitrogens with one attached hydrogen (secondary N) is 3. The fourth-order valence-electron chi connectivity index (χ4n) is 6.00. The van der Waals surface area contributed by atoms with Gasteiger partial charge >= 0.3 is 6.03 Å². The first kappa shape index (κ1) is 23.1. The maximum Gasteiger partial charge on any atom is 0.319 e. The van der Waals surface area contributed by atoms with Gasteiger partial charge in [0.05, 0.1) is 12.4 Å². The van der Waals surface area contributed by atoms with E-state index in [0.29, 0.717) is 11.8 Å². The van der Waals surface area contributed by atoms with Gasteiger partial charge < -0.3 is 20.9 Å². The van der Waals surface area contributed by atoms with E-state index in [1.54, 1.807) is 18.5 Å². The van der Waals surface area contributed by atoms with Crippen molar-refractivity contribution in [3.63, 3.8) is 0 Å².